The van der Waals surface area contributed by atoms with Crippen molar-refractivity contribution in [2.24, 2.45) is 5.73 Å². The Labute approximate surface area is 92.8 Å². The van der Waals surface area contributed by atoms with E-state index in [1.807, 2.05) is 12.1 Å². The van der Waals surface area contributed by atoms with Crippen molar-refractivity contribution in [3.05, 3.63) is 29.3 Å². The second kappa shape index (κ2) is 4.07. The van der Waals surface area contributed by atoms with Crippen molar-refractivity contribution >= 4 is 17.5 Å². The monoisotopic (exact) mass is 214 g/mol. The second-order valence-electron chi connectivity index (χ2n) is 3.54. The number of nitrogens with two attached hydrogens (primary N) is 1. The number of carbonyl (C=O) groups excluding carboxylic acids is 2. The maximum atomic E-state index is 11.1. The average molecular weight is 214 g/mol. The molecule has 0 fully saturated rings. The molecule has 0 atom stereocenters. The minimum Gasteiger partial charge on any atom is -0.369 e. The molecule has 0 saturated carbocycles. The first-order valence-electron chi connectivity index (χ1n) is 4.85. The number of fused-ring (bicyclic) bond motifs is 1. The van der Waals surface area contributed by atoms with Crippen molar-refractivity contribution in [2.45, 2.75) is 12.8 Å². The first kappa shape index (κ1) is 10.2. The summed E-state index contributed by atoms with van der Waals surface area (Å²) in [6.45, 7) is 0. The van der Waals surface area contributed by atoms with Crippen LogP contribution in [0.15, 0.2) is 18.2 Å². The van der Waals surface area contributed by atoms with E-state index in [4.69, 9.17) is 5.73 Å². The number of benzene rings is 1. The Kier molecular flexibility index (Phi) is 2.61. The number of amides is 2. The van der Waals surface area contributed by atoms with Crippen LogP contribution in [0.25, 0.3) is 0 Å². The molecular formula is C12H10N2O2. The zero-order chi connectivity index (χ0) is 11.5. The van der Waals surface area contributed by atoms with E-state index in [0.717, 1.165) is 16.8 Å². The van der Waals surface area contributed by atoms with Crippen molar-refractivity contribution < 1.29 is 9.59 Å². The highest BCUT2D eigenvalue weighted by Crippen LogP contribution is 2.23. The van der Waals surface area contributed by atoms with Crippen LogP contribution in [0.5, 0.6) is 0 Å². The van der Waals surface area contributed by atoms with Crippen LogP contribution in [0.2, 0.25) is 0 Å². The zero-order valence-corrected chi connectivity index (χ0v) is 8.54. The van der Waals surface area contributed by atoms with Crippen molar-refractivity contribution in [1.82, 2.24) is 0 Å². The Morgan fingerprint density at radius 3 is 3.06 bits per heavy atom. The van der Waals surface area contributed by atoms with E-state index in [1.165, 1.54) is 0 Å². The van der Waals surface area contributed by atoms with Crippen LogP contribution in [0.3, 0.4) is 0 Å². The third-order valence-corrected chi connectivity index (χ3v) is 2.23. The number of anilines is 1. The summed E-state index contributed by atoms with van der Waals surface area (Å²) in [5, 5.41) is 2.74. The highest BCUT2D eigenvalue weighted by Gasteiger charge is 2.16. The Bertz CT molecular complexity index is 524. The molecule has 1 aliphatic heterocycles. The molecule has 0 saturated heterocycles. The molecule has 4 nitrogen and oxygen atoms in total. The summed E-state index contributed by atoms with van der Waals surface area (Å²) in [6.07, 6.45) is 0.439. The molecule has 0 spiro atoms. The van der Waals surface area contributed by atoms with Gasteiger partial charge in [-0.15, -0.1) is 0 Å². The second-order valence-corrected chi connectivity index (χ2v) is 3.54. The normalized spacial score (nSPS) is 12.4. The molecule has 3 N–H and O–H groups in total. The summed E-state index contributed by atoms with van der Waals surface area (Å²) < 4.78 is 0. The maximum absolute atomic E-state index is 11.1. The van der Waals surface area contributed by atoms with E-state index in [1.54, 1.807) is 6.07 Å². The van der Waals surface area contributed by atoms with Gasteiger partial charge in [-0.2, -0.15) is 0 Å². The minimum absolute atomic E-state index is 0.00255. The lowest BCUT2D eigenvalue weighted by Crippen LogP contribution is -2.08. The lowest BCUT2D eigenvalue weighted by molar-refractivity contribution is -0.117. The molecule has 1 heterocycles. The van der Waals surface area contributed by atoms with E-state index in [-0.39, 0.29) is 12.3 Å². The first-order chi connectivity index (χ1) is 7.65. The zero-order valence-electron chi connectivity index (χ0n) is 8.54. The number of primary amides is 1. The quantitative estimate of drug-likeness (QED) is 0.664. The van der Waals surface area contributed by atoms with E-state index in [2.05, 4.69) is 17.2 Å². The van der Waals surface area contributed by atoms with Gasteiger partial charge in [-0.3, -0.25) is 9.59 Å². The summed E-state index contributed by atoms with van der Waals surface area (Å²) in [6, 6.07) is 5.47. The van der Waals surface area contributed by atoms with E-state index in [0.29, 0.717) is 6.42 Å². The third kappa shape index (κ3) is 2.20. The van der Waals surface area contributed by atoms with Gasteiger partial charge >= 0.3 is 0 Å². The summed E-state index contributed by atoms with van der Waals surface area (Å²) >= 11 is 0. The molecule has 1 aliphatic rings. The van der Waals surface area contributed by atoms with Crippen LogP contribution in [0.1, 0.15) is 17.5 Å². The van der Waals surface area contributed by atoms with E-state index in [9.17, 15) is 9.59 Å². The average Bonchev–Trinajstić information content (AvgIpc) is 2.56. The molecule has 0 bridgehead atoms. The highest BCUT2D eigenvalue weighted by atomic mass is 16.2. The van der Waals surface area contributed by atoms with Crippen LogP contribution in [0, 0.1) is 11.8 Å². The lowest BCUT2D eigenvalue weighted by Gasteiger charge is -1.97. The molecule has 2 amide bonds. The molecule has 16 heavy (non-hydrogen) atoms. The Balaban J connectivity index is 2.18. The SMILES string of the molecule is NC(=O)CC#Cc1ccc2c(c1)CC(=O)N2. The fourth-order valence-electron chi connectivity index (χ4n) is 1.54. The van der Waals surface area contributed by atoms with Crippen LogP contribution in [-0.4, -0.2) is 11.8 Å². The van der Waals surface area contributed by atoms with Gasteiger partial charge in [-0.1, -0.05) is 11.8 Å². The molecule has 4 heteroatoms. The molecular weight excluding hydrogens is 204 g/mol. The number of hydrogen-bond acceptors (Lipinski definition) is 2. The van der Waals surface area contributed by atoms with Gasteiger partial charge < -0.3 is 11.1 Å². The summed E-state index contributed by atoms with van der Waals surface area (Å²) in [5.41, 5.74) is 7.54. The maximum Gasteiger partial charge on any atom is 0.229 e. The first-order valence-corrected chi connectivity index (χ1v) is 4.85. The number of carbonyl (C=O) groups is 2. The number of hydrogen-bond donors (Lipinski definition) is 2. The number of rotatable bonds is 1. The van der Waals surface area contributed by atoms with Gasteiger partial charge in [0, 0.05) is 11.3 Å². The van der Waals surface area contributed by atoms with Crippen molar-refractivity contribution in [2.75, 3.05) is 5.32 Å². The number of nitrogens with one attached hydrogen (secondary N) is 1. The Morgan fingerprint density at radius 2 is 2.31 bits per heavy atom. The fraction of sp³-hybridized carbons (Fsp3) is 0.167. The van der Waals surface area contributed by atoms with Crippen LogP contribution < -0.4 is 11.1 Å². The van der Waals surface area contributed by atoms with Crippen LogP contribution in [-0.2, 0) is 16.0 Å². The van der Waals surface area contributed by atoms with Crippen molar-refractivity contribution in [3.8, 4) is 11.8 Å². The fourth-order valence-corrected chi connectivity index (χ4v) is 1.54. The van der Waals surface area contributed by atoms with Gasteiger partial charge in [0.2, 0.25) is 11.8 Å². The molecule has 2 rings (SSSR count). The largest absolute Gasteiger partial charge is 0.369 e. The van der Waals surface area contributed by atoms with E-state index >= 15 is 0 Å². The topological polar surface area (TPSA) is 72.2 Å². The summed E-state index contributed by atoms with van der Waals surface area (Å²) in [4.78, 5) is 21.6. The molecule has 0 radical (unpaired) electrons. The molecule has 0 aliphatic carbocycles. The smallest absolute Gasteiger partial charge is 0.229 e. The molecule has 1 aromatic carbocycles. The van der Waals surface area contributed by atoms with Gasteiger partial charge in [0.05, 0.1) is 12.8 Å². The molecule has 1 aromatic rings. The lowest BCUT2D eigenvalue weighted by atomic mass is 10.1. The summed E-state index contributed by atoms with van der Waals surface area (Å²) in [5.74, 6) is 5.06. The van der Waals surface area contributed by atoms with Gasteiger partial charge in [0.25, 0.3) is 0 Å². The molecule has 0 unspecified atom stereocenters. The Hall–Kier alpha value is -2.28. The van der Waals surface area contributed by atoms with E-state index < -0.39 is 5.91 Å². The van der Waals surface area contributed by atoms with Gasteiger partial charge in [-0.25, -0.2) is 0 Å². The van der Waals surface area contributed by atoms with Crippen LogP contribution in [0.4, 0.5) is 5.69 Å². The van der Waals surface area contributed by atoms with Gasteiger partial charge in [0.1, 0.15) is 0 Å². The minimum atomic E-state index is -0.439. The van der Waals surface area contributed by atoms with Crippen molar-refractivity contribution in [1.29, 1.82) is 0 Å². The third-order valence-electron chi connectivity index (χ3n) is 2.23. The predicted octanol–water partition coefficient (Wildman–Crippen LogP) is 0.408. The van der Waals surface area contributed by atoms with Gasteiger partial charge in [-0.05, 0) is 23.8 Å². The Morgan fingerprint density at radius 1 is 1.50 bits per heavy atom. The van der Waals surface area contributed by atoms with Crippen molar-refractivity contribution in [3.63, 3.8) is 0 Å². The summed E-state index contributed by atoms with van der Waals surface area (Å²) in [7, 11) is 0. The highest BCUT2D eigenvalue weighted by molar-refractivity contribution is 5.99. The van der Waals surface area contributed by atoms with Gasteiger partial charge in [0.15, 0.2) is 0 Å². The predicted molar refractivity (Wildman–Crippen MR) is 59.5 cm³/mol. The molecule has 0 aromatic heterocycles. The molecule has 80 valence electrons. The standard InChI is InChI=1S/C12H10N2O2/c13-11(15)3-1-2-8-4-5-10-9(6-8)7-12(16)14-10/h4-6H,3,7H2,(H2,13,15)(H,14,16). The van der Waals surface area contributed by atoms with Crippen LogP contribution >= 0.6 is 0 Å².